The number of nitrogens with one attached hydrogen (secondary N) is 1. The van der Waals surface area contributed by atoms with Crippen LogP contribution in [0.15, 0.2) is 36.1 Å². The van der Waals surface area contributed by atoms with Crippen molar-refractivity contribution >= 4 is 39.8 Å². The van der Waals surface area contributed by atoms with E-state index in [0.29, 0.717) is 23.6 Å². The third-order valence-corrected chi connectivity index (χ3v) is 4.00. The fraction of sp³-hybridized carbons (Fsp3) is 0.143. The van der Waals surface area contributed by atoms with Crippen molar-refractivity contribution in [3.8, 4) is 0 Å². The molecule has 102 valence electrons. The van der Waals surface area contributed by atoms with Crippen LogP contribution in [0, 0.1) is 0 Å². The molecule has 4 nitrogen and oxygen atoms in total. The van der Waals surface area contributed by atoms with Crippen molar-refractivity contribution in [3.63, 3.8) is 0 Å². The van der Waals surface area contributed by atoms with Crippen molar-refractivity contribution < 1.29 is 9.53 Å². The minimum atomic E-state index is -0.330. The van der Waals surface area contributed by atoms with E-state index in [-0.39, 0.29) is 5.97 Å². The molecular weight excluding hydrogens is 296 g/mol. The molecule has 20 heavy (non-hydrogen) atoms. The van der Waals surface area contributed by atoms with Crippen LogP contribution in [0.4, 0.5) is 0 Å². The van der Waals surface area contributed by atoms with Gasteiger partial charge in [-0.15, -0.1) is 11.3 Å². The maximum absolute atomic E-state index is 12.0. The van der Waals surface area contributed by atoms with Crippen molar-refractivity contribution in [2.45, 2.75) is 6.42 Å². The molecule has 6 heteroatoms. The lowest BCUT2D eigenvalue weighted by Gasteiger charge is -2.02. The Morgan fingerprint density at radius 1 is 1.45 bits per heavy atom. The number of esters is 1. The van der Waals surface area contributed by atoms with E-state index in [2.05, 4.69) is 9.97 Å². The summed E-state index contributed by atoms with van der Waals surface area (Å²) in [6.45, 7) is 0.349. The number of carbonyl (C=O) groups is 1. The van der Waals surface area contributed by atoms with Gasteiger partial charge in [-0.2, -0.15) is 0 Å². The zero-order valence-corrected chi connectivity index (χ0v) is 12.0. The van der Waals surface area contributed by atoms with Gasteiger partial charge < -0.3 is 9.72 Å². The van der Waals surface area contributed by atoms with Crippen LogP contribution < -0.4 is 0 Å². The number of aromatic nitrogens is 2. The number of ether oxygens (including phenoxy) is 1. The van der Waals surface area contributed by atoms with Crippen molar-refractivity contribution in [2.75, 3.05) is 6.61 Å². The number of benzene rings is 1. The maximum Gasteiger partial charge on any atom is 0.340 e. The van der Waals surface area contributed by atoms with Gasteiger partial charge >= 0.3 is 5.97 Å². The topological polar surface area (TPSA) is 55.0 Å². The monoisotopic (exact) mass is 306 g/mol. The van der Waals surface area contributed by atoms with Gasteiger partial charge in [0.1, 0.15) is 0 Å². The molecule has 0 fully saturated rings. The van der Waals surface area contributed by atoms with Crippen LogP contribution in [-0.2, 0) is 11.2 Å². The first-order valence-corrected chi connectivity index (χ1v) is 7.31. The maximum atomic E-state index is 12.0. The summed E-state index contributed by atoms with van der Waals surface area (Å²) in [5, 5.41) is 1.45. The predicted octanol–water partition coefficient (Wildman–Crippen LogP) is 3.68. The summed E-state index contributed by atoms with van der Waals surface area (Å²) >= 11 is 7.46. The van der Waals surface area contributed by atoms with Crippen LogP contribution in [0.1, 0.15) is 15.2 Å². The van der Waals surface area contributed by atoms with E-state index in [0.717, 1.165) is 15.8 Å². The van der Waals surface area contributed by atoms with E-state index in [9.17, 15) is 4.79 Å². The van der Waals surface area contributed by atoms with Crippen LogP contribution in [0.2, 0.25) is 5.02 Å². The Morgan fingerprint density at radius 2 is 2.35 bits per heavy atom. The molecule has 0 aliphatic heterocycles. The van der Waals surface area contributed by atoms with Gasteiger partial charge in [0.15, 0.2) is 0 Å². The first kappa shape index (κ1) is 13.1. The molecule has 0 spiro atoms. The minimum Gasteiger partial charge on any atom is -0.462 e. The lowest BCUT2D eigenvalue weighted by molar-refractivity contribution is 0.0512. The van der Waals surface area contributed by atoms with E-state index >= 15 is 0 Å². The Labute approximate surface area is 124 Å². The van der Waals surface area contributed by atoms with E-state index in [1.54, 1.807) is 41.4 Å². The Kier molecular flexibility index (Phi) is 3.71. The molecule has 0 saturated heterocycles. The summed E-state index contributed by atoms with van der Waals surface area (Å²) in [5.41, 5.74) is 3.12. The second-order valence-electron chi connectivity index (χ2n) is 4.25. The summed E-state index contributed by atoms with van der Waals surface area (Å²) in [6, 6.07) is 5.35. The van der Waals surface area contributed by atoms with Gasteiger partial charge in [0, 0.05) is 39.6 Å². The molecule has 3 aromatic rings. The Morgan fingerprint density at radius 3 is 3.15 bits per heavy atom. The van der Waals surface area contributed by atoms with Gasteiger partial charge in [0.25, 0.3) is 0 Å². The highest BCUT2D eigenvalue weighted by Crippen LogP contribution is 2.22. The Hall–Kier alpha value is -1.85. The van der Waals surface area contributed by atoms with Crippen molar-refractivity contribution in [3.05, 3.63) is 51.6 Å². The first-order chi connectivity index (χ1) is 9.74. The summed E-state index contributed by atoms with van der Waals surface area (Å²) in [6.07, 6.45) is 4.12. The molecule has 0 unspecified atom stereocenters. The van der Waals surface area contributed by atoms with Crippen LogP contribution in [0.25, 0.3) is 10.9 Å². The molecule has 2 aromatic heterocycles. The second-order valence-corrected chi connectivity index (χ2v) is 5.65. The van der Waals surface area contributed by atoms with E-state index in [1.807, 2.05) is 6.07 Å². The molecule has 2 heterocycles. The number of H-pyrrole nitrogens is 1. The Bertz CT molecular complexity index is 737. The molecule has 0 bridgehead atoms. The summed E-state index contributed by atoms with van der Waals surface area (Å²) in [5.74, 6) is -0.330. The first-order valence-electron chi connectivity index (χ1n) is 6.05. The molecule has 1 aromatic carbocycles. The van der Waals surface area contributed by atoms with Crippen LogP contribution >= 0.6 is 22.9 Å². The van der Waals surface area contributed by atoms with Gasteiger partial charge in [0.05, 0.1) is 17.7 Å². The summed E-state index contributed by atoms with van der Waals surface area (Å²) in [4.78, 5) is 20.1. The number of hydrogen-bond acceptors (Lipinski definition) is 4. The Balaban J connectivity index is 1.69. The number of nitrogens with zero attached hydrogens (tertiary/aromatic N) is 1. The van der Waals surface area contributed by atoms with Gasteiger partial charge in [-0.25, -0.2) is 4.79 Å². The average molecular weight is 307 g/mol. The summed E-state index contributed by atoms with van der Waals surface area (Å²) in [7, 11) is 0. The van der Waals surface area contributed by atoms with Crippen LogP contribution in [0.5, 0.6) is 0 Å². The smallest absolute Gasteiger partial charge is 0.340 e. The molecule has 0 atom stereocenters. The van der Waals surface area contributed by atoms with Crippen molar-refractivity contribution in [1.29, 1.82) is 0 Å². The third-order valence-electron chi connectivity index (χ3n) is 2.93. The number of carbonyl (C=O) groups excluding carboxylic acids is 1. The number of hydrogen-bond donors (Lipinski definition) is 1. The molecule has 0 radical (unpaired) electrons. The normalized spacial score (nSPS) is 10.8. The van der Waals surface area contributed by atoms with Crippen LogP contribution in [-0.4, -0.2) is 22.5 Å². The molecular formula is C14H11ClN2O2S. The molecule has 3 rings (SSSR count). The lowest BCUT2D eigenvalue weighted by Crippen LogP contribution is -2.07. The molecule has 0 saturated carbocycles. The molecule has 0 amide bonds. The highest BCUT2D eigenvalue weighted by Gasteiger charge is 2.13. The van der Waals surface area contributed by atoms with Gasteiger partial charge in [-0.1, -0.05) is 17.7 Å². The zero-order chi connectivity index (χ0) is 13.9. The van der Waals surface area contributed by atoms with Crippen LogP contribution in [0.3, 0.4) is 0 Å². The highest BCUT2D eigenvalue weighted by molar-refractivity contribution is 7.09. The van der Waals surface area contributed by atoms with E-state index in [4.69, 9.17) is 16.3 Å². The van der Waals surface area contributed by atoms with Crippen molar-refractivity contribution in [2.24, 2.45) is 0 Å². The van der Waals surface area contributed by atoms with Gasteiger partial charge in [-0.05, 0) is 12.1 Å². The zero-order valence-electron chi connectivity index (χ0n) is 10.4. The SMILES string of the molecule is O=C(OCCc1cncs1)c1c[nH]c2cc(Cl)ccc12. The van der Waals surface area contributed by atoms with Crippen molar-refractivity contribution in [1.82, 2.24) is 9.97 Å². The lowest BCUT2D eigenvalue weighted by atomic mass is 10.2. The highest BCUT2D eigenvalue weighted by atomic mass is 35.5. The fourth-order valence-corrected chi connectivity index (χ4v) is 2.71. The number of thiazole rings is 1. The minimum absolute atomic E-state index is 0.330. The quantitative estimate of drug-likeness (QED) is 0.748. The molecule has 0 aliphatic rings. The number of rotatable bonds is 4. The fourth-order valence-electron chi connectivity index (χ4n) is 1.95. The predicted molar refractivity (Wildman–Crippen MR) is 79.4 cm³/mol. The average Bonchev–Trinajstić information content (AvgIpc) is 3.07. The second kappa shape index (κ2) is 5.64. The largest absolute Gasteiger partial charge is 0.462 e. The molecule has 0 aliphatic carbocycles. The number of halogens is 1. The summed E-state index contributed by atoms with van der Waals surface area (Å²) < 4.78 is 5.29. The van der Waals surface area contributed by atoms with Gasteiger partial charge in [-0.3, -0.25) is 4.98 Å². The van der Waals surface area contributed by atoms with Gasteiger partial charge in [0.2, 0.25) is 0 Å². The number of aromatic amines is 1. The number of fused-ring (bicyclic) bond motifs is 1. The van der Waals surface area contributed by atoms with E-state index < -0.39 is 0 Å². The molecule has 1 N–H and O–H groups in total. The van der Waals surface area contributed by atoms with E-state index in [1.165, 1.54) is 0 Å². The standard InChI is InChI=1S/C14H11ClN2O2S/c15-9-1-2-11-12(7-17-13(11)5-9)14(18)19-4-3-10-6-16-8-20-10/h1-2,5-8,17H,3-4H2. The third kappa shape index (κ3) is 2.69.